The van der Waals surface area contributed by atoms with Crippen LogP contribution < -0.4 is 0 Å². The van der Waals surface area contributed by atoms with Gasteiger partial charge in [-0.25, -0.2) is 0 Å². The number of nitrogens with zero attached hydrogens (tertiary/aromatic N) is 2. The van der Waals surface area contributed by atoms with Gasteiger partial charge in [0.25, 0.3) is 0 Å². The smallest absolute Gasteiger partial charge is 0.308 e. The first-order valence-corrected chi connectivity index (χ1v) is 11.1. The number of likely N-dealkylation sites (tertiary alicyclic amines) is 1. The number of carboxylic acid groups (broad SMARTS) is 1. The topological polar surface area (TPSA) is 98.2 Å². The molecule has 2 amide bonds. The highest BCUT2D eigenvalue weighted by atomic mass is 32.2. The second-order valence-electron chi connectivity index (χ2n) is 8.14. The first-order valence-electron chi connectivity index (χ1n) is 10.2. The van der Waals surface area contributed by atoms with E-state index in [1.54, 1.807) is 11.0 Å². The maximum absolute atomic E-state index is 13.8. The minimum atomic E-state index is -0.975. The molecule has 2 unspecified atom stereocenters. The maximum atomic E-state index is 13.8. The van der Waals surface area contributed by atoms with Crippen molar-refractivity contribution in [2.24, 2.45) is 11.8 Å². The average molecular weight is 431 g/mol. The number of benzene rings is 1. The number of aliphatic hydroxyl groups excluding tert-OH is 1. The second kappa shape index (κ2) is 8.07. The Morgan fingerprint density at radius 2 is 2.07 bits per heavy atom. The van der Waals surface area contributed by atoms with Crippen molar-refractivity contribution in [3.8, 4) is 0 Å². The van der Waals surface area contributed by atoms with Gasteiger partial charge >= 0.3 is 5.97 Å². The van der Waals surface area contributed by atoms with Crippen molar-refractivity contribution >= 4 is 29.5 Å². The summed E-state index contributed by atoms with van der Waals surface area (Å²) in [5, 5.41) is 19.2. The number of rotatable bonds is 8. The van der Waals surface area contributed by atoms with Crippen LogP contribution in [-0.2, 0) is 20.9 Å². The summed E-state index contributed by atoms with van der Waals surface area (Å²) in [7, 11) is 0. The molecule has 0 aliphatic carbocycles. The van der Waals surface area contributed by atoms with E-state index in [1.165, 1.54) is 16.7 Å². The summed E-state index contributed by atoms with van der Waals surface area (Å²) in [4.78, 5) is 42.1. The predicted octanol–water partition coefficient (Wildman–Crippen LogP) is 1.37. The minimum Gasteiger partial charge on any atom is -0.481 e. The van der Waals surface area contributed by atoms with Crippen LogP contribution in [0.4, 0.5) is 0 Å². The van der Waals surface area contributed by atoms with Crippen molar-refractivity contribution in [3.63, 3.8) is 0 Å². The quantitative estimate of drug-likeness (QED) is 0.605. The minimum absolute atomic E-state index is 0.0261. The Kier molecular flexibility index (Phi) is 5.63. The highest BCUT2D eigenvalue weighted by Crippen LogP contribution is 2.66. The molecule has 3 aliphatic heterocycles. The summed E-state index contributed by atoms with van der Waals surface area (Å²) in [6, 6.07) is 8.82. The molecule has 0 saturated carbocycles. The van der Waals surface area contributed by atoms with Crippen molar-refractivity contribution < 1.29 is 24.6 Å². The molecule has 1 aromatic carbocycles. The normalized spacial score (nSPS) is 31.6. The van der Waals surface area contributed by atoms with E-state index in [-0.39, 0.29) is 30.2 Å². The van der Waals surface area contributed by atoms with E-state index >= 15 is 0 Å². The number of hydrogen-bond acceptors (Lipinski definition) is 5. The van der Waals surface area contributed by atoms with Crippen LogP contribution in [0.3, 0.4) is 0 Å². The number of fused-ring (bicyclic) bond motifs is 1. The first-order chi connectivity index (χ1) is 14.4. The van der Waals surface area contributed by atoms with Gasteiger partial charge in [-0.3, -0.25) is 14.4 Å². The summed E-state index contributed by atoms with van der Waals surface area (Å²) in [5.41, 5.74) is 0.964. The fourth-order valence-corrected chi connectivity index (χ4v) is 7.63. The third kappa shape index (κ3) is 3.13. The van der Waals surface area contributed by atoms with Crippen molar-refractivity contribution in [2.45, 2.75) is 35.4 Å². The van der Waals surface area contributed by atoms with Crippen LogP contribution in [0, 0.1) is 11.8 Å². The van der Waals surface area contributed by atoms with Crippen LogP contribution in [0.1, 0.15) is 18.4 Å². The number of thioether (sulfide) groups is 1. The van der Waals surface area contributed by atoms with Crippen LogP contribution in [0.2, 0.25) is 0 Å². The highest BCUT2D eigenvalue weighted by molar-refractivity contribution is 8.02. The molecule has 3 heterocycles. The monoisotopic (exact) mass is 430 g/mol. The van der Waals surface area contributed by atoms with E-state index in [0.29, 0.717) is 25.9 Å². The predicted molar refractivity (Wildman–Crippen MR) is 113 cm³/mol. The third-order valence-corrected chi connectivity index (χ3v) is 8.49. The first kappa shape index (κ1) is 20.9. The number of amides is 2. The highest BCUT2D eigenvalue weighted by Gasteiger charge is 2.73. The molecule has 3 aliphatic rings. The number of carbonyl (C=O) groups excluding carboxylic acids is 2. The van der Waals surface area contributed by atoms with Gasteiger partial charge in [0.05, 0.1) is 23.2 Å². The van der Waals surface area contributed by atoms with E-state index in [4.69, 9.17) is 0 Å². The lowest BCUT2D eigenvalue weighted by Gasteiger charge is -2.37. The Labute approximate surface area is 179 Å². The van der Waals surface area contributed by atoms with E-state index in [1.807, 2.05) is 30.3 Å². The van der Waals surface area contributed by atoms with E-state index in [2.05, 4.69) is 6.58 Å². The van der Waals surface area contributed by atoms with Gasteiger partial charge in [-0.2, -0.15) is 0 Å². The van der Waals surface area contributed by atoms with Crippen LogP contribution in [0.15, 0.2) is 43.0 Å². The van der Waals surface area contributed by atoms with Crippen LogP contribution in [-0.4, -0.2) is 73.5 Å². The zero-order valence-electron chi connectivity index (χ0n) is 16.6. The fraction of sp³-hybridized carbons (Fsp3) is 0.500. The SMILES string of the molecule is C=CCN(Cc1ccccc1)C(=O)C1N(CCO)C(=O)[C@@H]2[C@@H](C(=O)O)[C@H]3CCC12S3. The molecule has 1 aromatic rings. The molecule has 2 N–H and O–H groups in total. The van der Waals surface area contributed by atoms with Gasteiger partial charge in [-0.15, -0.1) is 18.3 Å². The molecule has 3 saturated heterocycles. The number of aliphatic hydroxyl groups is 1. The van der Waals surface area contributed by atoms with E-state index in [0.717, 1.165) is 5.56 Å². The third-order valence-electron chi connectivity index (χ3n) is 6.54. The van der Waals surface area contributed by atoms with Crippen molar-refractivity contribution in [1.82, 2.24) is 9.80 Å². The fourth-order valence-electron chi connectivity index (χ4n) is 5.43. The average Bonchev–Trinajstić information content (AvgIpc) is 3.36. The Balaban J connectivity index is 1.70. The number of carboxylic acids is 1. The molecule has 160 valence electrons. The number of β-amino-alcohol motifs (C(OH)–C–C–N with tert-alkyl or cyclic N) is 1. The van der Waals surface area contributed by atoms with Crippen LogP contribution in [0.25, 0.3) is 0 Å². The Morgan fingerprint density at radius 1 is 1.33 bits per heavy atom. The van der Waals surface area contributed by atoms with Crippen molar-refractivity contribution in [3.05, 3.63) is 48.6 Å². The number of carbonyl (C=O) groups is 3. The largest absolute Gasteiger partial charge is 0.481 e. The molecule has 8 heteroatoms. The summed E-state index contributed by atoms with van der Waals surface area (Å²) < 4.78 is -0.743. The number of aliphatic carboxylic acids is 1. The molecule has 3 fully saturated rings. The van der Waals surface area contributed by atoms with Crippen LogP contribution >= 0.6 is 11.8 Å². The summed E-state index contributed by atoms with van der Waals surface area (Å²) in [6.45, 7) is 4.22. The Hall–Kier alpha value is -2.32. The molecular weight excluding hydrogens is 404 g/mol. The van der Waals surface area contributed by atoms with Gasteiger partial charge in [0, 0.05) is 24.9 Å². The summed E-state index contributed by atoms with van der Waals surface area (Å²) in [5.74, 6) is -3.00. The molecule has 0 radical (unpaired) electrons. The standard InChI is InChI=1S/C22H26N2O5S/c1-2-10-23(13-14-6-4-3-5-7-14)20(27)18-22-9-8-15(30-22)16(21(28)29)17(22)19(26)24(18)11-12-25/h2-7,15-18,25H,1,8-13H2,(H,28,29)/t15-,16+,17+,18?,22?/m1/s1. The van der Waals surface area contributed by atoms with Gasteiger partial charge in [-0.1, -0.05) is 36.4 Å². The molecule has 7 nitrogen and oxygen atoms in total. The maximum Gasteiger partial charge on any atom is 0.308 e. The number of hydrogen-bond donors (Lipinski definition) is 2. The van der Waals surface area contributed by atoms with E-state index < -0.39 is 28.6 Å². The molecule has 5 atom stereocenters. The molecule has 2 bridgehead atoms. The molecule has 1 spiro atoms. The lowest BCUT2D eigenvalue weighted by Crippen LogP contribution is -2.54. The lowest BCUT2D eigenvalue weighted by molar-refractivity contribution is -0.148. The van der Waals surface area contributed by atoms with Gasteiger partial charge < -0.3 is 20.0 Å². The van der Waals surface area contributed by atoms with Gasteiger partial charge in [-0.05, 0) is 18.4 Å². The van der Waals surface area contributed by atoms with Crippen molar-refractivity contribution in [1.29, 1.82) is 0 Å². The molecule has 30 heavy (non-hydrogen) atoms. The Bertz CT molecular complexity index is 862. The Morgan fingerprint density at radius 3 is 2.70 bits per heavy atom. The molecular formula is C22H26N2O5S. The lowest BCUT2D eigenvalue weighted by atomic mass is 9.71. The van der Waals surface area contributed by atoms with Crippen molar-refractivity contribution in [2.75, 3.05) is 19.7 Å². The van der Waals surface area contributed by atoms with Crippen LogP contribution in [0.5, 0.6) is 0 Å². The zero-order chi connectivity index (χ0) is 21.5. The van der Waals surface area contributed by atoms with Gasteiger partial charge in [0.2, 0.25) is 11.8 Å². The van der Waals surface area contributed by atoms with E-state index in [9.17, 15) is 24.6 Å². The van der Waals surface area contributed by atoms with Gasteiger partial charge in [0.15, 0.2) is 0 Å². The molecule has 0 aromatic heterocycles. The summed E-state index contributed by atoms with van der Waals surface area (Å²) in [6.07, 6.45) is 2.97. The zero-order valence-corrected chi connectivity index (χ0v) is 17.5. The van der Waals surface area contributed by atoms with Gasteiger partial charge in [0.1, 0.15) is 6.04 Å². The summed E-state index contributed by atoms with van der Waals surface area (Å²) >= 11 is 1.50. The second-order valence-corrected chi connectivity index (χ2v) is 9.74. The molecule has 4 rings (SSSR count).